The monoisotopic (exact) mass is 374 g/mol. The lowest BCUT2D eigenvalue weighted by Crippen LogP contribution is -2.48. The van der Waals surface area contributed by atoms with E-state index in [0.29, 0.717) is 18.0 Å². The van der Waals surface area contributed by atoms with Crippen molar-refractivity contribution < 1.29 is 4.79 Å². The highest BCUT2D eigenvalue weighted by Gasteiger charge is 2.15. The SMILES string of the molecule is CCN1CCN(CCNC(=O)Cc2cccn2-c2ccc(Cl)cc2)CC1. The van der Waals surface area contributed by atoms with Crippen LogP contribution in [0.2, 0.25) is 5.02 Å². The fourth-order valence-electron chi connectivity index (χ4n) is 3.32. The molecule has 140 valence electrons. The molecule has 1 saturated heterocycles. The number of amides is 1. The maximum Gasteiger partial charge on any atom is 0.225 e. The van der Waals surface area contributed by atoms with E-state index >= 15 is 0 Å². The number of piperazine rings is 1. The normalized spacial score (nSPS) is 15.9. The average molecular weight is 375 g/mol. The van der Waals surface area contributed by atoms with Crippen LogP contribution in [0.5, 0.6) is 0 Å². The Morgan fingerprint density at radius 3 is 2.46 bits per heavy atom. The Morgan fingerprint density at radius 1 is 1.08 bits per heavy atom. The summed E-state index contributed by atoms with van der Waals surface area (Å²) in [4.78, 5) is 17.2. The van der Waals surface area contributed by atoms with Gasteiger partial charge in [-0.2, -0.15) is 0 Å². The van der Waals surface area contributed by atoms with E-state index < -0.39 is 0 Å². The lowest BCUT2D eigenvalue weighted by atomic mass is 10.2. The van der Waals surface area contributed by atoms with Crippen LogP contribution in [-0.4, -0.2) is 66.1 Å². The van der Waals surface area contributed by atoms with Gasteiger partial charge >= 0.3 is 0 Å². The van der Waals surface area contributed by atoms with Crippen LogP contribution in [0.25, 0.3) is 5.69 Å². The van der Waals surface area contributed by atoms with Crippen molar-refractivity contribution in [3.8, 4) is 5.69 Å². The Balaban J connectivity index is 1.46. The summed E-state index contributed by atoms with van der Waals surface area (Å²) in [5.74, 6) is 0.0612. The number of hydrogen-bond acceptors (Lipinski definition) is 3. The molecule has 0 unspecified atom stereocenters. The summed E-state index contributed by atoms with van der Waals surface area (Å²) in [6, 6.07) is 11.6. The smallest absolute Gasteiger partial charge is 0.225 e. The second-order valence-corrected chi connectivity index (χ2v) is 7.09. The van der Waals surface area contributed by atoms with Crippen molar-refractivity contribution in [1.82, 2.24) is 19.7 Å². The Kier molecular flexibility index (Phi) is 6.72. The molecule has 3 rings (SSSR count). The molecule has 26 heavy (non-hydrogen) atoms. The third kappa shape index (κ3) is 5.10. The second kappa shape index (κ2) is 9.21. The van der Waals surface area contributed by atoms with Crippen LogP contribution in [0.15, 0.2) is 42.6 Å². The molecule has 1 aromatic carbocycles. The first kappa shape index (κ1) is 19.0. The first-order valence-electron chi connectivity index (χ1n) is 9.29. The maximum absolute atomic E-state index is 12.3. The lowest BCUT2D eigenvalue weighted by Gasteiger charge is -2.33. The molecule has 1 aromatic heterocycles. The van der Waals surface area contributed by atoms with Gasteiger partial charge in [0.1, 0.15) is 0 Å². The average Bonchev–Trinajstić information content (AvgIpc) is 3.11. The van der Waals surface area contributed by atoms with E-state index in [2.05, 4.69) is 22.0 Å². The molecule has 1 aliphatic rings. The largest absolute Gasteiger partial charge is 0.354 e. The van der Waals surface area contributed by atoms with Gasteiger partial charge in [0.05, 0.1) is 6.42 Å². The number of benzene rings is 1. The first-order chi connectivity index (χ1) is 12.7. The lowest BCUT2D eigenvalue weighted by molar-refractivity contribution is -0.120. The van der Waals surface area contributed by atoms with Gasteiger partial charge in [0, 0.05) is 61.9 Å². The van der Waals surface area contributed by atoms with Gasteiger partial charge in [0.25, 0.3) is 0 Å². The van der Waals surface area contributed by atoms with E-state index in [0.717, 1.165) is 50.6 Å². The minimum Gasteiger partial charge on any atom is -0.354 e. The molecule has 0 saturated carbocycles. The highest BCUT2D eigenvalue weighted by molar-refractivity contribution is 6.30. The summed E-state index contributed by atoms with van der Waals surface area (Å²) in [6.45, 7) is 9.37. The molecule has 2 aromatic rings. The number of aromatic nitrogens is 1. The first-order valence-corrected chi connectivity index (χ1v) is 9.67. The van der Waals surface area contributed by atoms with Crippen molar-refractivity contribution in [3.63, 3.8) is 0 Å². The van der Waals surface area contributed by atoms with E-state index in [9.17, 15) is 4.79 Å². The molecule has 5 nitrogen and oxygen atoms in total. The number of hydrogen-bond donors (Lipinski definition) is 1. The summed E-state index contributed by atoms with van der Waals surface area (Å²) >= 11 is 5.95. The van der Waals surface area contributed by atoms with E-state index in [-0.39, 0.29) is 5.91 Å². The molecule has 0 atom stereocenters. The van der Waals surface area contributed by atoms with Crippen LogP contribution in [0.1, 0.15) is 12.6 Å². The number of carbonyl (C=O) groups excluding carboxylic acids is 1. The maximum atomic E-state index is 12.3. The molecular weight excluding hydrogens is 348 g/mol. The van der Waals surface area contributed by atoms with Crippen molar-refractivity contribution >= 4 is 17.5 Å². The summed E-state index contributed by atoms with van der Waals surface area (Å²) < 4.78 is 2.03. The van der Waals surface area contributed by atoms with Crippen LogP contribution in [0.3, 0.4) is 0 Å². The van der Waals surface area contributed by atoms with Crippen molar-refractivity contribution in [1.29, 1.82) is 0 Å². The highest BCUT2D eigenvalue weighted by Crippen LogP contribution is 2.16. The van der Waals surface area contributed by atoms with Gasteiger partial charge in [-0.3, -0.25) is 9.69 Å². The predicted octanol–water partition coefficient (Wildman–Crippen LogP) is 2.43. The fraction of sp³-hybridized carbons (Fsp3) is 0.450. The van der Waals surface area contributed by atoms with Crippen LogP contribution >= 0.6 is 11.6 Å². The Hall–Kier alpha value is -1.82. The zero-order valence-corrected chi connectivity index (χ0v) is 16.1. The number of rotatable bonds is 7. The van der Waals surface area contributed by atoms with Crippen LogP contribution in [0.4, 0.5) is 0 Å². The number of nitrogens with one attached hydrogen (secondary N) is 1. The number of halogens is 1. The summed E-state index contributed by atoms with van der Waals surface area (Å²) in [6.07, 6.45) is 2.35. The molecule has 0 aliphatic carbocycles. The van der Waals surface area contributed by atoms with Gasteiger partial charge in [-0.25, -0.2) is 0 Å². The van der Waals surface area contributed by atoms with Gasteiger partial charge < -0.3 is 14.8 Å². The Morgan fingerprint density at radius 2 is 1.77 bits per heavy atom. The minimum absolute atomic E-state index is 0.0612. The molecule has 0 spiro atoms. The van der Waals surface area contributed by atoms with Gasteiger partial charge in [-0.1, -0.05) is 18.5 Å². The fourth-order valence-corrected chi connectivity index (χ4v) is 3.45. The molecule has 0 radical (unpaired) electrons. The molecule has 1 amide bonds. The Labute approximate surface area is 160 Å². The zero-order chi connectivity index (χ0) is 18.4. The zero-order valence-electron chi connectivity index (χ0n) is 15.3. The molecule has 1 aliphatic heterocycles. The Bertz CT molecular complexity index is 705. The van der Waals surface area contributed by atoms with E-state index in [1.54, 1.807) is 0 Å². The quantitative estimate of drug-likeness (QED) is 0.809. The van der Waals surface area contributed by atoms with Gasteiger partial charge in [0.15, 0.2) is 0 Å². The van der Waals surface area contributed by atoms with Gasteiger partial charge in [-0.05, 0) is 42.9 Å². The van der Waals surface area contributed by atoms with Gasteiger partial charge in [-0.15, -0.1) is 0 Å². The van der Waals surface area contributed by atoms with Crippen molar-refractivity contribution in [2.45, 2.75) is 13.3 Å². The number of nitrogens with zero attached hydrogens (tertiary/aromatic N) is 3. The topological polar surface area (TPSA) is 40.5 Å². The molecule has 1 N–H and O–H groups in total. The van der Waals surface area contributed by atoms with Crippen molar-refractivity contribution in [2.24, 2.45) is 0 Å². The molecule has 2 heterocycles. The highest BCUT2D eigenvalue weighted by atomic mass is 35.5. The summed E-state index contributed by atoms with van der Waals surface area (Å²) in [5, 5.41) is 3.76. The third-order valence-electron chi connectivity index (χ3n) is 4.94. The minimum atomic E-state index is 0.0612. The van der Waals surface area contributed by atoms with E-state index in [4.69, 9.17) is 11.6 Å². The van der Waals surface area contributed by atoms with E-state index in [1.165, 1.54) is 0 Å². The van der Waals surface area contributed by atoms with Gasteiger partial charge in [0.2, 0.25) is 5.91 Å². The molecular formula is C20H27ClN4O. The third-order valence-corrected chi connectivity index (χ3v) is 5.19. The molecule has 0 bridgehead atoms. The summed E-state index contributed by atoms with van der Waals surface area (Å²) in [7, 11) is 0. The number of carbonyl (C=O) groups is 1. The molecule has 6 heteroatoms. The predicted molar refractivity (Wildman–Crippen MR) is 106 cm³/mol. The van der Waals surface area contributed by atoms with Crippen molar-refractivity contribution in [2.75, 3.05) is 45.8 Å². The van der Waals surface area contributed by atoms with E-state index in [1.807, 2.05) is 47.2 Å². The summed E-state index contributed by atoms with van der Waals surface area (Å²) in [5.41, 5.74) is 1.98. The van der Waals surface area contributed by atoms with Crippen LogP contribution < -0.4 is 5.32 Å². The number of likely N-dealkylation sites (N-methyl/N-ethyl adjacent to an activating group) is 1. The van der Waals surface area contributed by atoms with Crippen molar-refractivity contribution in [3.05, 3.63) is 53.3 Å². The standard InChI is InChI=1S/C20H27ClN4O/c1-2-23-12-14-24(15-13-23)11-9-22-20(26)16-19-4-3-10-25(19)18-7-5-17(21)6-8-18/h3-8,10H,2,9,11-16H2,1H3,(H,22,26). The van der Waals surface area contributed by atoms with Crippen LogP contribution in [0, 0.1) is 0 Å². The molecule has 1 fully saturated rings. The van der Waals surface area contributed by atoms with Crippen LogP contribution in [-0.2, 0) is 11.2 Å². The second-order valence-electron chi connectivity index (χ2n) is 6.65.